The van der Waals surface area contributed by atoms with Crippen molar-refractivity contribution in [3.63, 3.8) is 0 Å². The van der Waals surface area contributed by atoms with Crippen molar-refractivity contribution in [1.29, 1.82) is 5.26 Å². The Bertz CT molecular complexity index is 951. The molecule has 0 spiro atoms. The fourth-order valence-corrected chi connectivity index (χ4v) is 4.94. The standard InChI is InChI=1S/C18H17BrFN3O2S/c19-16-11-14(5-6-17(16)20)13-22-7-9-23(10-8-22)26(24,25)18-4-2-1-3-15(18)12-21/h1-6,11H,7-10,13H2. The summed E-state index contributed by atoms with van der Waals surface area (Å²) in [7, 11) is -3.69. The van der Waals surface area contributed by atoms with Crippen molar-refractivity contribution in [2.24, 2.45) is 0 Å². The molecular weight excluding hydrogens is 421 g/mol. The predicted octanol–water partition coefficient (Wildman–Crippen LogP) is 2.97. The monoisotopic (exact) mass is 437 g/mol. The van der Waals surface area contributed by atoms with Crippen LogP contribution in [0.25, 0.3) is 0 Å². The quantitative estimate of drug-likeness (QED) is 0.737. The SMILES string of the molecule is N#Cc1ccccc1S(=O)(=O)N1CCN(Cc2ccc(F)c(Br)c2)CC1. The molecule has 2 aromatic carbocycles. The molecule has 0 unspecified atom stereocenters. The van der Waals surface area contributed by atoms with Crippen molar-refractivity contribution >= 4 is 26.0 Å². The average Bonchev–Trinajstić information content (AvgIpc) is 2.65. The van der Waals surface area contributed by atoms with E-state index in [1.54, 1.807) is 24.3 Å². The Hall–Kier alpha value is -1.79. The lowest BCUT2D eigenvalue weighted by Crippen LogP contribution is -2.48. The van der Waals surface area contributed by atoms with E-state index in [9.17, 15) is 12.8 Å². The van der Waals surface area contributed by atoms with E-state index >= 15 is 0 Å². The highest BCUT2D eigenvalue weighted by atomic mass is 79.9. The maximum atomic E-state index is 13.3. The van der Waals surface area contributed by atoms with E-state index in [4.69, 9.17) is 5.26 Å². The van der Waals surface area contributed by atoms with Gasteiger partial charge in [-0.15, -0.1) is 0 Å². The molecule has 8 heteroatoms. The molecule has 5 nitrogen and oxygen atoms in total. The number of benzene rings is 2. The summed E-state index contributed by atoms with van der Waals surface area (Å²) in [5, 5.41) is 9.16. The highest BCUT2D eigenvalue weighted by Gasteiger charge is 2.30. The van der Waals surface area contributed by atoms with Crippen LogP contribution in [0.4, 0.5) is 4.39 Å². The van der Waals surface area contributed by atoms with Crippen molar-refractivity contribution in [1.82, 2.24) is 9.21 Å². The molecule has 1 saturated heterocycles. The molecule has 26 heavy (non-hydrogen) atoms. The number of nitriles is 1. The Morgan fingerprint density at radius 3 is 2.46 bits per heavy atom. The van der Waals surface area contributed by atoms with Crippen LogP contribution in [-0.2, 0) is 16.6 Å². The number of piperazine rings is 1. The van der Waals surface area contributed by atoms with Crippen molar-refractivity contribution in [3.8, 4) is 6.07 Å². The lowest BCUT2D eigenvalue weighted by molar-refractivity contribution is 0.181. The topological polar surface area (TPSA) is 64.4 Å². The van der Waals surface area contributed by atoms with Gasteiger partial charge in [0.1, 0.15) is 11.9 Å². The second-order valence-electron chi connectivity index (χ2n) is 6.04. The molecule has 0 atom stereocenters. The van der Waals surface area contributed by atoms with E-state index in [1.807, 2.05) is 6.07 Å². The molecule has 1 aliphatic rings. The second kappa shape index (κ2) is 7.84. The third-order valence-corrected chi connectivity index (χ3v) is 6.91. The van der Waals surface area contributed by atoms with Crippen molar-refractivity contribution in [2.45, 2.75) is 11.4 Å². The molecule has 1 aliphatic heterocycles. The van der Waals surface area contributed by atoms with Crippen LogP contribution in [0, 0.1) is 17.1 Å². The Labute approximate surface area is 160 Å². The molecule has 0 aromatic heterocycles. The summed E-state index contributed by atoms with van der Waals surface area (Å²) in [4.78, 5) is 2.18. The van der Waals surface area contributed by atoms with Crippen LogP contribution in [0.3, 0.4) is 0 Å². The summed E-state index contributed by atoms with van der Waals surface area (Å²) in [6.45, 7) is 2.47. The Morgan fingerprint density at radius 1 is 1.12 bits per heavy atom. The molecule has 2 aromatic rings. The zero-order valence-electron chi connectivity index (χ0n) is 13.9. The minimum absolute atomic E-state index is 0.0541. The summed E-state index contributed by atoms with van der Waals surface area (Å²) in [5.74, 6) is -0.305. The van der Waals surface area contributed by atoms with E-state index < -0.39 is 10.0 Å². The number of sulfonamides is 1. The van der Waals surface area contributed by atoms with Crippen LogP contribution in [0.2, 0.25) is 0 Å². The highest BCUT2D eigenvalue weighted by Crippen LogP contribution is 2.22. The summed E-state index contributed by atoms with van der Waals surface area (Å²) >= 11 is 3.18. The fraction of sp³-hybridized carbons (Fsp3) is 0.278. The van der Waals surface area contributed by atoms with Gasteiger partial charge in [0.25, 0.3) is 0 Å². The van der Waals surface area contributed by atoms with Gasteiger partial charge < -0.3 is 0 Å². The van der Waals surface area contributed by atoms with Crippen LogP contribution in [-0.4, -0.2) is 43.8 Å². The van der Waals surface area contributed by atoms with Gasteiger partial charge in [-0.05, 0) is 45.8 Å². The molecule has 0 bridgehead atoms. The number of rotatable bonds is 4. The van der Waals surface area contributed by atoms with Gasteiger partial charge in [0.2, 0.25) is 10.0 Å². The first-order valence-electron chi connectivity index (χ1n) is 8.07. The molecule has 0 amide bonds. The Morgan fingerprint density at radius 2 is 1.81 bits per heavy atom. The lowest BCUT2D eigenvalue weighted by atomic mass is 10.2. The zero-order valence-corrected chi connectivity index (χ0v) is 16.3. The summed E-state index contributed by atoms with van der Waals surface area (Å²) in [6.07, 6.45) is 0. The van der Waals surface area contributed by atoms with Crippen molar-refractivity contribution in [3.05, 3.63) is 63.9 Å². The van der Waals surface area contributed by atoms with E-state index in [-0.39, 0.29) is 16.3 Å². The van der Waals surface area contributed by atoms with Crippen LogP contribution in [0.15, 0.2) is 51.8 Å². The van der Waals surface area contributed by atoms with Crippen LogP contribution in [0.1, 0.15) is 11.1 Å². The van der Waals surface area contributed by atoms with Gasteiger partial charge in [0.05, 0.1) is 14.9 Å². The van der Waals surface area contributed by atoms with E-state index in [1.165, 1.54) is 22.5 Å². The maximum absolute atomic E-state index is 13.3. The van der Waals surface area contributed by atoms with Gasteiger partial charge in [-0.25, -0.2) is 12.8 Å². The first kappa shape index (κ1) is 19.0. The summed E-state index contributed by atoms with van der Waals surface area (Å²) in [6, 6.07) is 13.1. The van der Waals surface area contributed by atoms with Gasteiger partial charge in [0, 0.05) is 32.7 Å². The van der Waals surface area contributed by atoms with E-state index in [0.29, 0.717) is 37.2 Å². The molecule has 136 valence electrons. The maximum Gasteiger partial charge on any atom is 0.244 e. The molecule has 0 saturated carbocycles. The predicted molar refractivity (Wildman–Crippen MR) is 99.3 cm³/mol. The van der Waals surface area contributed by atoms with Crippen LogP contribution < -0.4 is 0 Å². The number of hydrogen-bond donors (Lipinski definition) is 0. The molecule has 3 rings (SSSR count). The fourth-order valence-electron chi connectivity index (χ4n) is 2.95. The van der Waals surface area contributed by atoms with Crippen LogP contribution >= 0.6 is 15.9 Å². The third kappa shape index (κ3) is 3.96. The molecule has 1 fully saturated rings. The third-order valence-electron chi connectivity index (χ3n) is 4.35. The second-order valence-corrected chi connectivity index (χ2v) is 8.80. The smallest absolute Gasteiger partial charge is 0.244 e. The van der Waals surface area contributed by atoms with E-state index in [2.05, 4.69) is 20.8 Å². The van der Waals surface area contributed by atoms with Crippen molar-refractivity contribution < 1.29 is 12.8 Å². The van der Waals surface area contributed by atoms with Gasteiger partial charge in [-0.3, -0.25) is 4.90 Å². The number of halogens is 2. The summed E-state index contributed by atoms with van der Waals surface area (Å²) in [5.41, 5.74) is 1.12. The number of hydrogen-bond acceptors (Lipinski definition) is 4. The zero-order chi connectivity index (χ0) is 18.7. The Kier molecular flexibility index (Phi) is 5.73. The molecule has 0 aliphatic carbocycles. The summed E-state index contributed by atoms with van der Waals surface area (Å²) < 4.78 is 40.8. The van der Waals surface area contributed by atoms with Crippen molar-refractivity contribution in [2.75, 3.05) is 26.2 Å². The van der Waals surface area contributed by atoms with Gasteiger partial charge in [-0.1, -0.05) is 18.2 Å². The largest absolute Gasteiger partial charge is 0.296 e. The van der Waals surface area contributed by atoms with Gasteiger partial charge >= 0.3 is 0 Å². The minimum Gasteiger partial charge on any atom is -0.296 e. The lowest BCUT2D eigenvalue weighted by Gasteiger charge is -2.34. The number of nitrogens with zero attached hydrogens (tertiary/aromatic N) is 3. The van der Waals surface area contributed by atoms with E-state index in [0.717, 1.165) is 5.56 Å². The first-order valence-corrected chi connectivity index (χ1v) is 10.3. The van der Waals surface area contributed by atoms with Gasteiger partial charge in [-0.2, -0.15) is 9.57 Å². The van der Waals surface area contributed by atoms with Gasteiger partial charge in [0.15, 0.2) is 0 Å². The molecule has 1 heterocycles. The Balaban J connectivity index is 1.68. The highest BCUT2D eigenvalue weighted by molar-refractivity contribution is 9.10. The first-order chi connectivity index (χ1) is 12.4. The molecular formula is C18H17BrFN3O2S. The average molecular weight is 438 g/mol. The van der Waals surface area contributed by atoms with Crippen LogP contribution in [0.5, 0.6) is 0 Å². The molecule has 0 radical (unpaired) electrons. The molecule has 0 N–H and O–H groups in total. The minimum atomic E-state index is -3.69. The normalized spacial score (nSPS) is 16.3.